The molecule has 0 aliphatic rings. The number of hydrogen-bond acceptors (Lipinski definition) is 6. The largest absolute Gasteiger partial charge is 0.462 e. The molecule has 0 aromatic heterocycles. The van der Waals surface area contributed by atoms with Gasteiger partial charge in [-0.05, 0) is 25.2 Å². The predicted octanol–water partition coefficient (Wildman–Crippen LogP) is 12.4. The maximum atomic E-state index is 12.6. The third-order valence-electron chi connectivity index (χ3n) is 9.04. The summed E-state index contributed by atoms with van der Waals surface area (Å²) >= 11 is 0. The van der Waals surface area contributed by atoms with E-state index >= 15 is 0 Å². The summed E-state index contributed by atoms with van der Waals surface area (Å²) in [6.07, 6.45) is 32.6. The summed E-state index contributed by atoms with van der Waals surface area (Å²) in [5, 5.41) is 0. The van der Waals surface area contributed by atoms with Crippen molar-refractivity contribution >= 4 is 17.9 Å². The third-order valence-corrected chi connectivity index (χ3v) is 9.04. The number of carbonyl (C=O) groups excluding carboxylic acids is 3. The lowest BCUT2D eigenvalue weighted by Gasteiger charge is -2.18. The molecule has 0 fully saturated rings. The molecule has 0 bridgehead atoms. The maximum Gasteiger partial charge on any atom is 0.306 e. The fourth-order valence-corrected chi connectivity index (χ4v) is 5.92. The minimum Gasteiger partial charge on any atom is -0.462 e. The van der Waals surface area contributed by atoms with E-state index in [1.807, 2.05) is 0 Å². The van der Waals surface area contributed by atoms with Gasteiger partial charge in [0.15, 0.2) is 6.10 Å². The molecular formula is C41H78O6. The Morgan fingerprint density at radius 1 is 0.404 bits per heavy atom. The maximum absolute atomic E-state index is 12.6. The number of rotatable bonds is 36. The summed E-state index contributed by atoms with van der Waals surface area (Å²) in [6.45, 7) is 8.84. The molecule has 0 aromatic rings. The van der Waals surface area contributed by atoms with E-state index in [1.54, 1.807) is 0 Å². The molecule has 0 saturated heterocycles. The lowest BCUT2D eigenvalue weighted by Crippen LogP contribution is -2.30. The lowest BCUT2D eigenvalue weighted by atomic mass is 10.0. The van der Waals surface area contributed by atoms with Crippen LogP contribution >= 0.6 is 0 Å². The van der Waals surface area contributed by atoms with Crippen LogP contribution in [0, 0.1) is 5.92 Å². The van der Waals surface area contributed by atoms with Crippen LogP contribution in [0.15, 0.2) is 0 Å². The van der Waals surface area contributed by atoms with E-state index in [0.29, 0.717) is 19.3 Å². The van der Waals surface area contributed by atoms with E-state index in [-0.39, 0.29) is 31.1 Å². The molecule has 47 heavy (non-hydrogen) atoms. The van der Waals surface area contributed by atoms with Crippen LogP contribution in [0.25, 0.3) is 0 Å². The summed E-state index contributed by atoms with van der Waals surface area (Å²) in [5.74, 6) is -0.0998. The highest BCUT2D eigenvalue weighted by molar-refractivity contribution is 5.71. The molecule has 0 saturated carbocycles. The van der Waals surface area contributed by atoms with Crippen LogP contribution in [0.1, 0.15) is 220 Å². The molecule has 6 nitrogen and oxygen atoms in total. The van der Waals surface area contributed by atoms with Crippen LogP contribution in [0.4, 0.5) is 0 Å². The summed E-state index contributed by atoms with van der Waals surface area (Å²) in [6, 6.07) is 0. The Balaban J connectivity index is 4.22. The molecule has 0 amide bonds. The van der Waals surface area contributed by atoms with Gasteiger partial charge in [0, 0.05) is 19.3 Å². The first-order valence-corrected chi connectivity index (χ1v) is 20.4. The van der Waals surface area contributed by atoms with Gasteiger partial charge >= 0.3 is 17.9 Å². The van der Waals surface area contributed by atoms with E-state index in [2.05, 4.69) is 27.7 Å². The van der Waals surface area contributed by atoms with Crippen LogP contribution in [0.3, 0.4) is 0 Å². The van der Waals surface area contributed by atoms with Crippen molar-refractivity contribution in [2.24, 2.45) is 5.92 Å². The molecular weight excluding hydrogens is 588 g/mol. The molecule has 0 N–H and O–H groups in total. The van der Waals surface area contributed by atoms with Crippen molar-refractivity contribution in [1.82, 2.24) is 0 Å². The van der Waals surface area contributed by atoms with Gasteiger partial charge in [0.1, 0.15) is 13.2 Å². The van der Waals surface area contributed by atoms with Crippen molar-refractivity contribution in [2.45, 2.75) is 226 Å². The molecule has 0 aromatic carbocycles. The average Bonchev–Trinajstić information content (AvgIpc) is 3.05. The Labute approximate surface area is 291 Å². The third kappa shape index (κ3) is 35.5. The molecule has 0 unspecified atom stereocenters. The zero-order valence-electron chi connectivity index (χ0n) is 31.7. The van der Waals surface area contributed by atoms with E-state index in [4.69, 9.17) is 14.2 Å². The van der Waals surface area contributed by atoms with Crippen LogP contribution in [0.5, 0.6) is 0 Å². The van der Waals surface area contributed by atoms with Gasteiger partial charge in [-0.15, -0.1) is 0 Å². The molecule has 0 aliphatic heterocycles. The van der Waals surface area contributed by atoms with Gasteiger partial charge in [0.25, 0.3) is 0 Å². The van der Waals surface area contributed by atoms with Crippen LogP contribution in [0.2, 0.25) is 0 Å². The van der Waals surface area contributed by atoms with Gasteiger partial charge in [-0.25, -0.2) is 0 Å². The lowest BCUT2D eigenvalue weighted by molar-refractivity contribution is -0.167. The highest BCUT2D eigenvalue weighted by Crippen LogP contribution is 2.15. The topological polar surface area (TPSA) is 78.9 Å². The number of esters is 3. The fourth-order valence-electron chi connectivity index (χ4n) is 5.92. The number of carbonyl (C=O) groups is 3. The smallest absolute Gasteiger partial charge is 0.306 e. The van der Waals surface area contributed by atoms with E-state index < -0.39 is 6.10 Å². The molecule has 0 heterocycles. The Bertz CT molecular complexity index is 706. The molecule has 0 aliphatic carbocycles. The summed E-state index contributed by atoms with van der Waals surface area (Å²) in [5.41, 5.74) is 0. The van der Waals surface area contributed by atoms with Gasteiger partial charge in [0.05, 0.1) is 0 Å². The molecule has 0 rings (SSSR count). The second kappa shape index (κ2) is 35.7. The van der Waals surface area contributed by atoms with Crippen molar-refractivity contribution in [3.05, 3.63) is 0 Å². The first-order chi connectivity index (χ1) is 22.9. The molecule has 0 spiro atoms. The number of ether oxygens (including phenoxy) is 3. The quantitative estimate of drug-likeness (QED) is 0.0376. The summed E-state index contributed by atoms with van der Waals surface area (Å²) in [4.78, 5) is 37.3. The van der Waals surface area contributed by atoms with Crippen LogP contribution in [-0.2, 0) is 28.6 Å². The van der Waals surface area contributed by atoms with Gasteiger partial charge < -0.3 is 14.2 Å². The van der Waals surface area contributed by atoms with E-state index in [0.717, 1.165) is 70.1 Å². The number of unbranched alkanes of at least 4 members (excludes halogenated alkanes) is 23. The minimum atomic E-state index is -0.757. The molecule has 278 valence electrons. The zero-order valence-corrected chi connectivity index (χ0v) is 31.7. The molecule has 0 radical (unpaired) electrons. The monoisotopic (exact) mass is 667 g/mol. The SMILES string of the molecule is CCCCCCCCCCCCCCCCC(=O)OC[C@H](COC(=O)CCCCCCC)OC(=O)CCCCCCCCCC(C)C. The second-order valence-corrected chi connectivity index (χ2v) is 14.4. The fraction of sp³-hybridized carbons (Fsp3) is 0.927. The van der Waals surface area contributed by atoms with Gasteiger partial charge in [0.2, 0.25) is 0 Å². The van der Waals surface area contributed by atoms with Crippen molar-refractivity contribution < 1.29 is 28.6 Å². The summed E-state index contributed by atoms with van der Waals surface area (Å²) < 4.78 is 16.5. The van der Waals surface area contributed by atoms with Crippen LogP contribution < -0.4 is 0 Å². The predicted molar refractivity (Wildman–Crippen MR) is 196 cm³/mol. The van der Waals surface area contributed by atoms with Crippen molar-refractivity contribution in [1.29, 1.82) is 0 Å². The Hall–Kier alpha value is -1.59. The second-order valence-electron chi connectivity index (χ2n) is 14.4. The van der Waals surface area contributed by atoms with Crippen LogP contribution in [-0.4, -0.2) is 37.2 Å². The highest BCUT2D eigenvalue weighted by atomic mass is 16.6. The molecule has 1 atom stereocenters. The normalized spacial score (nSPS) is 11.9. The van der Waals surface area contributed by atoms with Gasteiger partial charge in [-0.2, -0.15) is 0 Å². The first-order valence-electron chi connectivity index (χ1n) is 20.4. The first kappa shape index (κ1) is 45.4. The van der Waals surface area contributed by atoms with Gasteiger partial charge in [-0.3, -0.25) is 14.4 Å². The highest BCUT2D eigenvalue weighted by Gasteiger charge is 2.19. The van der Waals surface area contributed by atoms with E-state index in [9.17, 15) is 14.4 Å². The molecule has 6 heteroatoms. The van der Waals surface area contributed by atoms with Crippen molar-refractivity contribution in [3.63, 3.8) is 0 Å². The Morgan fingerprint density at radius 2 is 0.702 bits per heavy atom. The Kier molecular flexibility index (Phi) is 34.5. The Morgan fingerprint density at radius 3 is 1.04 bits per heavy atom. The standard InChI is InChI=1S/C41H78O6/c1-5-7-9-11-12-13-14-15-16-17-18-21-25-29-33-40(43)46-36-38(35-45-39(42)32-28-23-10-8-6-2)47-41(44)34-30-26-22-19-20-24-27-31-37(3)4/h37-38H,5-36H2,1-4H3/t38-/m0/s1. The van der Waals surface area contributed by atoms with Gasteiger partial charge in [-0.1, -0.05) is 182 Å². The van der Waals surface area contributed by atoms with Crippen molar-refractivity contribution in [2.75, 3.05) is 13.2 Å². The zero-order chi connectivity index (χ0) is 34.6. The minimum absolute atomic E-state index is 0.0661. The summed E-state index contributed by atoms with van der Waals surface area (Å²) in [7, 11) is 0. The average molecular weight is 667 g/mol. The number of hydrogen-bond donors (Lipinski definition) is 0. The van der Waals surface area contributed by atoms with Crippen molar-refractivity contribution in [3.8, 4) is 0 Å². The van der Waals surface area contributed by atoms with E-state index in [1.165, 1.54) is 109 Å².